The zero-order chi connectivity index (χ0) is 31.6. The van der Waals surface area contributed by atoms with Crippen molar-refractivity contribution in [3.8, 4) is 0 Å². The summed E-state index contributed by atoms with van der Waals surface area (Å²) in [5.74, 6) is -1.72. The van der Waals surface area contributed by atoms with Gasteiger partial charge in [0.1, 0.15) is 12.2 Å². The molecule has 0 radical (unpaired) electrons. The molecule has 0 aromatic heterocycles. The largest absolute Gasteiger partial charge is 0.478 e. The zero-order valence-electron chi connectivity index (χ0n) is 27.0. The van der Waals surface area contributed by atoms with Gasteiger partial charge in [-0.05, 0) is 79.6 Å². The summed E-state index contributed by atoms with van der Waals surface area (Å²) < 4.78 is 11.5. The van der Waals surface area contributed by atoms with Crippen LogP contribution in [0.25, 0.3) is 0 Å². The average Bonchev–Trinajstić information content (AvgIpc) is 3.09. The van der Waals surface area contributed by atoms with Crippen molar-refractivity contribution >= 4 is 17.9 Å². The molecule has 10 atom stereocenters. The topological polar surface area (TPSA) is 130 Å². The van der Waals surface area contributed by atoms with Gasteiger partial charge in [-0.1, -0.05) is 53.2 Å². The van der Waals surface area contributed by atoms with Crippen molar-refractivity contribution in [3.05, 3.63) is 22.8 Å². The van der Waals surface area contributed by atoms with E-state index in [9.17, 15) is 29.7 Å². The summed E-state index contributed by atoms with van der Waals surface area (Å²) in [7, 11) is 0. The van der Waals surface area contributed by atoms with Crippen LogP contribution in [0.2, 0.25) is 0 Å². The molecule has 236 valence electrons. The molecule has 8 nitrogen and oxygen atoms in total. The smallest absolute Gasteiger partial charge is 0.330 e. The molecule has 2 saturated carbocycles. The molecule has 0 amide bonds. The van der Waals surface area contributed by atoms with Gasteiger partial charge < -0.3 is 24.8 Å². The predicted molar refractivity (Wildman–Crippen MR) is 158 cm³/mol. The number of aliphatic hydroxyl groups excluding tert-OH is 2. The monoisotopic (exact) mass is 588 g/mol. The van der Waals surface area contributed by atoms with Crippen molar-refractivity contribution in [1.29, 1.82) is 0 Å². The molecule has 10 unspecified atom stereocenters. The van der Waals surface area contributed by atoms with Crippen molar-refractivity contribution in [3.63, 3.8) is 0 Å². The molecule has 0 bridgehead atoms. The highest BCUT2D eigenvalue weighted by molar-refractivity contribution is 5.85. The van der Waals surface area contributed by atoms with Gasteiger partial charge >= 0.3 is 17.9 Å². The van der Waals surface area contributed by atoms with Crippen LogP contribution in [0.15, 0.2) is 22.8 Å². The lowest BCUT2D eigenvalue weighted by atomic mass is 9.42. The summed E-state index contributed by atoms with van der Waals surface area (Å²) in [6, 6.07) is 0. The first-order chi connectivity index (χ1) is 19.3. The van der Waals surface area contributed by atoms with E-state index in [0.29, 0.717) is 12.8 Å². The summed E-state index contributed by atoms with van der Waals surface area (Å²) in [6.07, 6.45) is 4.08. The van der Waals surface area contributed by atoms with Crippen molar-refractivity contribution in [1.82, 2.24) is 0 Å². The molecule has 42 heavy (non-hydrogen) atoms. The Morgan fingerprint density at radius 3 is 2.21 bits per heavy atom. The molecule has 0 saturated heterocycles. The SMILES string of the molecule is CC(=O)OC(CC=C(C)C(=O)O)C(C)C1CC(O)C2(C)C3=C(CCC12C)C1(C)CCC(OC(C)=O)C(C)(C)C1CC3O. The van der Waals surface area contributed by atoms with E-state index in [1.807, 2.05) is 6.92 Å². The maximum Gasteiger partial charge on any atom is 0.330 e. The van der Waals surface area contributed by atoms with Crippen LogP contribution in [0.4, 0.5) is 0 Å². The number of aliphatic carboxylic acids is 1. The lowest BCUT2D eigenvalue weighted by Crippen LogP contribution is -2.59. The van der Waals surface area contributed by atoms with Crippen LogP contribution in [0, 0.1) is 39.4 Å². The van der Waals surface area contributed by atoms with E-state index in [1.54, 1.807) is 6.08 Å². The molecule has 0 heterocycles. The van der Waals surface area contributed by atoms with Crippen LogP contribution >= 0.6 is 0 Å². The molecule has 0 spiro atoms. The van der Waals surface area contributed by atoms with Crippen LogP contribution in [-0.2, 0) is 23.9 Å². The van der Waals surface area contributed by atoms with Gasteiger partial charge in [0.15, 0.2) is 0 Å². The number of hydrogen-bond acceptors (Lipinski definition) is 7. The van der Waals surface area contributed by atoms with E-state index in [-0.39, 0.29) is 58.1 Å². The molecule has 0 aromatic carbocycles. The Labute approximate surface area is 250 Å². The molecule has 2 fully saturated rings. The van der Waals surface area contributed by atoms with Crippen LogP contribution in [0.3, 0.4) is 0 Å². The molecule has 4 aliphatic rings. The van der Waals surface area contributed by atoms with Crippen LogP contribution in [0.1, 0.15) is 107 Å². The number of ether oxygens (including phenoxy) is 2. The lowest BCUT2D eigenvalue weighted by molar-refractivity contribution is -0.170. The second-order valence-electron chi connectivity index (χ2n) is 15.0. The van der Waals surface area contributed by atoms with Gasteiger partial charge in [0.25, 0.3) is 0 Å². The highest BCUT2D eigenvalue weighted by Gasteiger charge is 2.68. The maximum absolute atomic E-state index is 12.1. The standard InChI is InChI=1S/C34H52O8/c1-18(30(39)40)10-11-25(41-20(3)35)19(2)23-16-27(38)34(9)29-22(12-15-33(23,34)8)32(7)14-13-28(42-21(4)36)31(5,6)26(32)17-24(29)37/h10,19,23-28,37-38H,11-17H2,1-9H3,(H,39,40). The number of allylic oxidation sites excluding steroid dienone is 1. The van der Waals surface area contributed by atoms with E-state index >= 15 is 0 Å². The Hall–Kier alpha value is -2.19. The third-order valence-corrected chi connectivity index (χ3v) is 12.7. The van der Waals surface area contributed by atoms with Gasteiger partial charge in [-0.15, -0.1) is 0 Å². The van der Waals surface area contributed by atoms with Crippen molar-refractivity contribution < 1.29 is 39.2 Å². The average molecular weight is 589 g/mol. The normalized spacial score (nSPS) is 40.7. The summed E-state index contributed by atoms with van der Waals surface area (Å²) >= 11 is 0. The van der Waals surface area contributed by atoms with Gasteiger partial charge in [0, 0.05) is 36.7 Å². The number of carboxylic acids is 1. The van der Waals surface area contributed by atoms with Crippen LogP contribution in [0.5, 0.6) is 0 Å². The van der Waals surface area contributed by atoms with E-state index in [4.69, 9.17) is 9.47 Å². The minimum absolute atomic E-state index is 0.0108. The Morgan fingerprint density at radius 1 is 1.00 bits per heavy atom. The number of aliphatic hydroxyl groups is 2. The summed E-state index contributed by atoms with van der Waals surface area (Å²) in [5, 5.41) is 33.2. The highest BCUT2D eigenvalue weighted by Crippen LogP contribution is 2.72. The highest BCUT2D eigenvalue weighted by atomic mass is 16.5. The Bertz CT molecular complexity index is 1180. The van der Waals surface area contributed by atoms with Gasteiger partial charge in [0.05, 0.1) is 12.2 Å². The number of rotatable bonds is 7. The fourth-order valence-corrected chi connectivity index (χ4v) is 10.1. The number of carboxylic acid groups (broad SMARTS) is 1. The molecule has 0 aromatic rings. The molecule has 4 rings (SSSR count). The van der Waals surface area contributed by atoms with Gasteiger partial charge in [0.2, 0.25) is 0 Å². The number of esters is 2. The van der Waals surface area contributed by atoms with Gasteiger partial charge in [-0.25, -0.2) is 4.79 Å². The number of carbonyl (C=O) groups excluding carboxylic acids is 2. The number of fused-ring (bicyclic) bond motifs is 4. The molecule has 4 aliphatic carbocycles. The number of hydrogen-bond donors (Lipinski definition) is 3. The van der Waals surface area contributed by atoms with Crippen molar-refractivity contribution in [2.45, 2.75) is 132 Å². The van der Waals surface area contributed by atoms with E-state index in [0.717, 1.165) is 31.3 Å². The maximum atomic E-state index is 12.1. The first-order valence-corrected chi connectivity index (χ1v) is 15.7. The molecule has 0 aliphatic heterocycles. The van der Waals surface area contributed by atoms with E-state index in [2.05, 4.69) is 34.6 Å². The second-order valence-corrected chi connectivity index (χ2v) is 15.0. The van der Waals surface area contributed by atoms with Crippen LogP contribution < -0.4 is 0 Å². The second kappa shape index (κ2) is 11.1. The first kappa shape index (κ1) is 32.7. The quantitative estimate of drug-likeness (QED) is 0.199. The fraction of sp³-hybridized carbons (Fsp3) is 0.794. The molecular formula is C34H52O8. The minimum Gasteiger partial charge on any atom is -0.478 e. The van der Waals surface area contributed by atoms with Crippen molar-refractivity contribution in [2.24, 2.45) is 39.4 Å². The summed E-state index contributed by atoms with van der Waals surface area (Å²) in [5.41, 5.74) is 0.926. The van der Waals surface area contributed by atoms with Gasteiger partial charge in [-0.2, -0.15) is 0 Å². The first-order valence-electron chi connectivity index (χ1n) is 15.7. The Kier molecular flexibility index (Phi) is 8.62. The summed E-state index contributed by atoms with van der Waals surface area (Å²) in [4.78, 5) is 35.4. The Balaban J connectivity index is 1.73. The molecule has 8 heteroatoms. The number of carbonyl (C=O) groups is 3. The van der Waals surface area contributed by atoms with Crippen LogP contribution in [-0.4, -0.2) is 57.6 Å². The van der Waals surface area contributed by atoms with Gasteiger partial charge in [-0.3, -0.25) is 9.59 Å². The molecule has 3 N–H and O–H groups in total. The van der Waals surface area contributed by atoms with E-state index in [1.165, 1.54) is 26.3 Å². The van der Waals surface area contributed by atoms with Crippen molar-refractivity contribution in [2.75, 3.05) is 0 Å². The minimum atomic E-state index is -1.00. The zero-order valence-corrected chi connectivity index (χ0v) is 27.0. The fourth-order valence-electron chi connectivity index (χ4n) is 10.1. The third kappa shape index (κ3) is 4.94. The summed E-state index contributed by atoms with van der Waals surface area (Å²) in [6.45, 7) is 17.4. The van der Waals surface area contributed by atoms with E-state index < -0.39 is 35.7 Å². The lowest BCUT2D eigenvalue weighted by Gasteiger charge is -2.63. The third-order valence-electron chi connectivity index (χ3n) is 12.7. The predicted octanol–water partition coefficient (Wildman–Crippen LogP) is 5.60. The molecular weight excluding hydrogens is 536 g/mol. The Morgan fingerprint density at radius 2 is 1.64 bits per heavy atom.